The molecule has 22 heavy (non-hydrogen) atoms. The first kappa shape index (κ1) is 16.2. The SMILES string of the molecule is COC(=O)c1ccc(OCC(=O)c2ccc(C)cc2)c(Br)c1. The summed E-state index contributed by atoms with van der Waals surface area (Å²) >= 11 is 3.32. The first-order valence-corrected chi connectivity index (χ1v) is 7.41. The average Bonchev–Trinajstić information content (AvgIpc) is 2.53. The third kappa shape index (κ3) is 3.95. The van der Waals surface area contributed by atoms with Crippen molar-refractivity contribution < 1.29 is 19.1 Å². The number of carbonyl (C=O) groups excluding carboxylic acids is 2. The molecule has 0 heterocycles. The quantitative estimate of drug-likeness (QED) is 0.599. The number of aryl methyl sites for hydroxylation is 1. The fourth-order valence-corrected chi connectivity index (χ4v) is 2.32. The molecule has 0 aromatic heterocycles. The molecule has 0 aliphatic heterocycles. The number of ketones is 1. The van der Waals surface area contributed by atoms with Gasteiger partial charge in [-0.3, -0.25) is 4.79 Å². The Bertz CT molecular complexity index is 692. The zero-order valence-electron chi connectivity index (χ0n) is 12.3. The molecule has 5 heteroatoms. The minimum atomic E-state index is -0.428. The van der Waals surface area contributed by atoms with Gasteiger partial charge in [-0.2, -0.15) is 0 Å². The van der Waals surface area contributed by atoms with Crippen molar-refractivity contribution in [3.63, 3.8) is 0 Å². The number of Topliss-reactive ketones (excluding diaryl/α,β-unsaturated/α-hetero) is 1. The van der Waals surface area contributed by atoms with Gasteiger partial charge in [-0.1, -0.05) is 29.8 Å². The third-order valence-electron chi connectivity index (χ3n) is 3.09. The lowest BCUT2D eigenvalue weighted by atomic mass is 10.1. The lowest BCUT2D eigenvalue weighted by Gasteiger charge is -2.09. The molecule has 0 saturated carbocycles. The van der Waals surface area contributed by atoms with Crippen LogP contribution >= 0.6 is 15.9 Å². The van der Waals surface area contributed by atoms with E-state index in [0.29, 0.717) is 21.3 Å². The van der Waals surface area contributed by atoms with Crippen molar-refractivity contribution >= 4 is 27.7 Å². The molecule has 0 fully saturated rings. The van der Waals surface area contributed by atoms with Crippen molar-refractivity contribution in [2.24, 2.45) is 0 Å². The molecule has 0 N–H and O–H groups in total. The second-order valence-corrected chi connectivity index (χ2v) is 5.57. The maximum atomic E-state index is 12.0. The van der Waals surface area contributed by atoms with Gasteiger partial charge in [0.2, 0.25) is 0 Å². The monoisotopic (exact) mass is 362 g/mol. The molecule has 0 spiro atoms. The third-order valence-corrected chi connectivity index (χ3v) is 3.70. The lowest BCUT2D eigenvalue weighted by molar-refractivity contribution is 0.0600. The van der Waals surface area contributed by atoms with Crippen molar-refractivity contribution in [1.82, 2.24) is 0 Å². The second kappa shape index (κ2) is 7.22. The summed E-state index contributed by atoms with van der Waals surface area (Å²) in [6.45, 7) is 1.89. The number of hydrogen-bond donors (Lipinski definition) is 0. The predicted octanol–water partition coefficient (Wildman–Crippen LogP) is 3.81. The van der Waals surface area contributed by atoms with E-state index in [1.54, 1.807) is 30.3 Å². The summed E-state index contributed by atoms with van der Waals surface area (Å²) in [7, 11) is 1.32. The molecular formula is C17H15BrO4. The van der Waals surface area contributed by atoms with Crippen LogP contribution in [0.15, 0.2) is 46.9 Å². The van der Waals surface area contributed by atoms with E-state index < -0.39 is 5.97 Å². The van der Waals surface area contributed by atoms with Gasteiger partial charge in [0, 0.05) is 5.56 Å². The van der Waals surface area contributed by atoms with Crippen LogP contribution < -0.4 is 4.74 Å². The molecule has 0 aliphatic carbocycles. The van der Waals surface area contributed by atoms with E-state index in [4.69, 9.17) is 4.74 Å². The molecule has 2 rings (SSSR count). The standard InChI is InChI=1S/C17H15BrO4/c1-11-3-5-12(6-4-11)15(19)10-22-16-8-7-13(9-14(16)18)17(20)21-2/h3-9H,10H2,1-2H3. The fraction of sp³-hybridized carbons (Fsp3) is 0.176. The summed E-state index contributed by atoms with van der Waals surface area (Å²) in [6.07, 6.45) is 0. The molecule has 4 nitrogen and oxygen atoms in total. The Morgan fingerprint density at radius 3 is 2.27 bits per heavy atom. The van der Waals surface area contributed by atoms with Crippen LogP contribution in [0.25, 0.3) is 0 Å². The molecular weight excluding hydrogens is 348 g/mol. The Kier molecular flexibility index (Phi) is 5.33. The molecule has 2 aromatic rings. The summed E-state index contributed by atoms with van der Waals surface area (Å²) in [5.41, 5.74) is 2.11. The van der Waals surface area contributed by atoms with E-state index >= 15 is 0 Å². The number of ether oxygens (including phenoxy) is 2. The van der Waals surface area contributed by atoms with Crippen LogP contribution in [-0.4, -0.2) is 25.5 Å². The van der Waals surface area contributed by atoms with Crippen molar-refractivity contribution in [3.05, 3.63) is 63.6 Å². The van der Waals surface area contributed by atoms with Gasteiger partial charge in [0.05, 0.1) is 17.1 Å². The highest BCUT2D eigenvalue weighted by atomic mass is 79.9. The maximum Gasteiger partial charge on any atom is 0.337 e. The summed E-state index contributed by atoms with van der Waals surface area (Å²) < 4.78 is 10.7. The lowest BCUT2D eigenvalue weighted by Crippen LogP contribution is -2.12. The zero-order chi connectivity index (χ0) is 16.1. The fourth-order valence-electron chi connectivity index (χ4n) is 1.83. The number of esters is 1. The van der Waals surface area contributed by atoms with Crippen LogP contribution in [0.3, 0.4) is 0 Å². The van der Waals surface area contributed by atoms with Crippen LogP contribution in [0.1, 0.15) is 26.3 Å². The van der Waals surface area contributed by atoms with Crippen molar-refractivity contribution in [1.29, 1.82) is 0 Å². The van der Waals surface area contributed by atoms with E-state index in [-0.39, 0.29) is 12.4 Å². The van der Waals surface area contributed by atoms with Crippen LogP contribution in [0.2, 0.25) is 0 Å². The van der Waals surface area contributed by atoms with Gasteiger partial charge in [-0.05, 0) is 41.1 Å². The van der Waals surface area contributed by atoms with Gasteiger partial charge < -0.3 is 9.47 Å². The number of hydrogen-bond acceptors (Lipinski definition) is 4. The smallest absolute Gasteiger partial charge is 0.337 e. The highest BCUT2D eigenvalue weighted by molar-refractivity contribution is 9.10. The number of halogens is 1. The average molecular weight is 363 g/mol. The normalized spacial score (nSPS) is 10.1. The Labute approximate surface area is 137 Å². The van der Waals surface area contributed by atoms with Crippen molar-refractivity contribution in [2.75, 3.05) is 13.7 Å². The van der Waals surface area contributed by atoms with E-state index in [1.807, 2.05) is 19.1 Å². The molecule has 2 aromatic carbocycles. The van der Waals surface area contributed by atoms with Gasteiger partial charge in [-0.15, -0.1) is 0 Å². The molecule has 0 radical (unpaired) electrons. The van der Waals surface area contributed by atoms with Gasteiger partial charge in [0.15, 0.2) is 12.4 Å². The minimum absolute atomic E-state index is 0.0702. The van der Waals surface area contributed by atoms with Gasteiger partial charge in [0.1, 0.15) is 5.75 Å². The van der Waals surface area contributed by atoms with Crippen molar-refractivity contribution in [3.8, 4) is 5.75 Å². The minimum Gasteiger partial charge on any atom is -0.484 e. The van der Waals surface area contributed by atoms with Gasteiger partial charge in [-0.25, -0.2) is 4.79 Å². The summed E-state index contributed by atoms with van der Waals surface area (Å²) in [5, 5.41) is 0. The Morgan fingerprint density at radius 2 is 1.68 bits per heavy atom. The summed E-state index contributed by atoms with van der Waals surface area (Å²) in [4.78, 5) is 23.5. The highest BCUT2D eigenvalue weighted by Crippen LogP contribution is 2.26. The molecule has 0 amide bonds. The molecule has 0 atom stereocenters. The van der Waals surface area contributed by atoms with Crippen LogP contribution in [0, 0.1) is 6.92 Å². The summed E-state index contributed by atoms with van der Waals surface area (Å²) in [6, 6.07) is 12.1. The van der Waals surface area contributed by atoms with E-state index in [2.05, 4.69) is 20.7 Å². The first-order valence-electron chi connectivity index (χ1n) is 6.62. The topological polar surface area (TPSA) is 52.6 Å². The second-order valence-electron chi connectivity index (χ2n) is 4.71. The van der Waals surface area contributed by atoms with E-state index in [9.17, 15) is 9.59 Å². The molecule has 0 unspecified atom stereocenters. The first-order chi connectivity index (χ1) is 10.5. The summed E-state index contributed by atoms with van der Waals surface area (Å²) in [5.74, 6) is -0.0416. The van der Waals surface area contributed by atoms with Gasteiger partial charge in [0.25, 0.3) is 0 Å². The van der Waals surface area contributed by atoms with E-state index in [0.717, 1.165) is 5.56 Å². The van der Waals surface area contributed by atoms with Crippen LogP contribution in [0.5, 0.6) is 5.75 Å². The Balaban J connectivity index is 2.03. The number of benzene rings is 2. The number of carbonyl (C=O) groups is 2. The largest absolute Gasteiger partial charge is 0.484 e. The Morgan fingerprint density at radius 1 is 1.05 bits per heavy atom. The van der Waals surface area contributed by atoms with E-state index in [1.165, 1.54) is 7.11 Å². The highest BCUT2D eigenvalue weighted by Gasteiger charge is 2.11. The molecule has 114 valence electrons. The number of rotatable bonds is 5. The zero-order valence-corrected chi connectivity index (χ0v) is 13.8. The van der Waals surface area contributed by atoms with Crippen LogP contribution in [0.4, 0.5) is 0 Å². The Hall–Kier alpha value is -2.14. The maximum absolute atomic E-state index is 12.0. The molecule has 0 bridgehead atoms. The predicted molar refractivity (Wildman–Crippen MR) is 86.5 cm³/mol. The van der Waals surface area contributed by atoms with Crippen LogP contribution in [-0.2, 0) is 4.74 Å². The molecule has 0 saturated heterocycles. The number of methoxy groups -OCH3 is 1. The van der Waals surface area contributed by atoms with Gasteiger partial charge >= 0.3 is 5.97 Å². The molecule has 0 aliphatic rings. The van der Waals surface area contributed by atoms with Crippen molar-refractivity contribution in [2.45, 2.75) is 6.92 Å².